The molecule has 1 aliphatic rings. The molecule has 2 aromatic heterocycles. The molecule has 2 aromatic rings. The molecule has 3 nitrogen and oxygen atoms in total. The van der Waals surface area contributed by atoms with E-state index in [1.807, 2.05) is 26.1 Å². The maximum atomic E-state index is 12.9. The first-order valence-corrected chi connectivity index (χ1v) is 11.3. The molecular weight excluding hydrogens is 409 g/mol. The minimum absolute atomic E-state index is 0.0478. The van der Waals surface area contributed by atoms with E-state index in [-0.39, 0.29) is 11.0 Å². The monoisotopic (exact) mass is 440 g/mol. The van der Waals surface area contributed by atoms with Gasteiger partial charge < -0.3 is 4.74 Å². The van der Waals surface area contributed by atoms with Crippen molar-refractivity contribution >= 4 is 11.3 Å². The van der Waals surface area contributed by atoms with Crippen LogP contribution in [0, 0.1) is 12.3 Å². The van der Waals surface area contributed by atoms with E-state index in [2.05, 4.69) is 29.8 Å². The average molecular weight is 441 g/mol. The third-order valence-electron chi connectivity index (χ3n) is 6.30. The minimum Gasteiger partial charge on any atom is -0.381 e. The lowest BCUT2D eigenvalue weighted by atomic mass is 9.82. The zero-order chi connectivity index (χ0) is 22.0. The summed E-state index contributed by atoms with van der Waals surface area (Å²) in [6.45, 7) is 11.5. The molecule has 3 rings (SSSR count). The minimum atomic E-state index is -4.26. The van der Waals surface area contributed by atoms with Gasteiger partial charge >= 0.3 is 6.18 Å². The number of aryl methyl sites for hydroxylation is 2. The topological polar surface area (TPSA) is 25.4 Å². The van der Waals surface area contributed by atoms with Gasteiger partial charge in [0.2, 0.25) is 0 Å². The van der Waals surface area contributed by atoms with Crippen molar-refractivity contribution in [1.82, 2.24) is 9.88 Å². The van der Waals surface area contributed by atoms with Crippen molar-refractivity contribution in [2.45, 2.75) is 58.7 Å². The quantitative estimate of drug-likeness (QED) is 0.498. The van der Waals surface area contributed by atoms with E-state index in [4.69, 9.17) is 4.74 Å². The normalized spacial score (nSPS) is 20.8. The van der Waals surface area contributed by atoms with Crippen molar-refractivity contribution in [3.63, 3.8) is 0 Å². The molecule has 166 valence electrons. The zero-order valence-electron chi connectivity index (χ0n) is 18.2. The van der Waals surface area contributed by atoms with E-state index >= 15 is 0 Å². The highest BCUT2D eigenvalue weighted by Gasteiger charge is 2.43. The Morgan fingerprint density at radius 3 is 2.57 bits per heavy atom. The molecule has 0 amide bonds. The Morgan fingerprint density at radius 1 is 1.20 bits per heavy atom. The Labute approximate surface area is 181 Å². The molecule has 1 fully saturated rings. The van der Waals surface area contributed by atoms with E-state index in [0.717, 1.165) is 47.8 Å². The summed E-state index contributed by atoms with van der Waals surface area (Å²) in [6.07, 6.45) is 0.134. The molecule has 0 radical (unpaired) electrons. The van der Waals surface area contributed by atoms with Gasteiger partial charge in [-0.3, -0.25) is 9.88 Å². The number of likely N-dealkylation sites (tertiary alicyclic amines) is 1. The molecule has 0 unspecified atom stereocenters. The molecule has 1 aliphatic heterocycles. The summed E-state index contributed by atoms with van der Waals surface area (Å²) in [5.74, 6) is 0. The van der Waals surface area contributed by atoms with Gasteiger partial charge in [-0.1, -0.05) is 6.07 Å². The third-order valence-corrected chi connectivity index (χ3v) is 7.49. The Hall–Kier alpha value is -1.44. The Bertz CT molecular complexity index is 832. The average Bonchev–Trinajstić information content (AvgIpc) is 3.33. The fourth-order valence-corrected chi connectivity index (χ4v) is 5.06. The van der Waals surface area contributed by atoms with Crippen LogP contribution in [-0.2, 0) is 22.9 Å². The van der Waals surface area contributed by atoms with Crippen LogP contribution in [0.15, 0.2) is 30.5 Å². The molecule has 0 N–H and O–H groups in total. The van der Waals surface area contributed by atoms with E-state index in [1.54, 1.807) is 6.07 Å². The predicted octanol–water partition coefficient (Wildman–Crippen LogP) is 6.07. The number of hydrogen-bond acceptors (Lipinski definition) is 4. The first-order chi connectivity index (χ1) is 14.1. The van der Waals surface area contributed by atoms with Crippen molar-refractivity contribution < 1.29 is 17.9 Å². The Kier molecular flexibility index (Phi) is 6.94. The van der Waals surface area contributed by atoms with Crippen LogP contribution >= 0.6 is 11.3 Å². The number of ether oxygens (including phenoxy) is 1. The summed E-state index contributed by atoms with van der Waals surface area (Å²) in [5, 5.41) is 0. The summed E-state index contributed by atoms with van der Waals surface area (Å²) in [7, 11) is 0. The first-order valence-electron chi connectivity index (χ1n) is 10.5. The molecule has 7 heteroatoms. The fourth-order valence-electron chi connectivity index (χ4n) is 4.19. The second-order valence-corrected chi connectivity index (χ2v) is 9.99. The van der Waals surface area contributed by atoms with Gasteiger partial charge in [0.15, 0.2) is 0 Å². The van der Waals surface area contributed by atoms with E-state index in [1.165, 1.54) is 11.6 Å². The molecule has 3 heterocycles. The second kappa shape index (κ2) is 8.97. The number of thiophene rings is 1. The van der Waals surface area contributed by atoms with Gasteiger partial charge in [0.1, 0.15) is 4.88 Å². The van der Waals surface area contributed by atoms with Crippen molar-refractivity contribution in [2.75, 3.05) is 26.3 Å². The number of pyridine rings is 1. The van der Waals surface area contributed by atoms with Gasteiger partial charge in [-0.25, -0.2) is 0 Å². The van der Waals surface area contributed by atoms with Crippen LogP contribution in [0.3, 0.4) is 0 Å². The number of alkyl halides is 3. The van der Waals surface area contributed by atoms with Gasteiger partial charge in [-0.15, -0.1) is 11.3 Å². The molecule has 0 aromatic carbocycles. The van der Waals surface area contributed by atoms with E-state index in [0.29, 0.717) is 19.6 Å². The van der Waals surface area contributed by atoms with E-state index < -0.39 is 11.1 Å². The maximum Gasteiger partial charge on any atom is 0.425 e. The first kappa shape index (κ1) is 23.2. The van der Waals surface area contributed by atoms with Gasteiger partial charge in [0, 0.05) is 40.9 Å². The van der Waals surface area contributed by atoms with Gasteiger partial charge in [-0.05, 0) is 77.3 Å². The standard InChI is InChI=1S/C23H31F3N2OS/c1-5-29-16-22(11-10-19-8-9-20(30-19)23(24,25)26)12-13-28(15-22)21(3,4)18-7-6-17(2)27-14-18/h6-9,14H,5,10-13,15-16H2,1-4H3/t22-/m1/s1. The van der Waals surface area contributed by atoms with E-state index in [9.17, 15) is 13.2 Å². The molecule has 0 bridgehead atoms. The molecule has 0 aliphatic carbocycles. The van der Waals surface area contributed by atoms with Crippen LogP contribution in [0.4, 0.5) is 13.2 Å². The van der Waals surface area contributed by atoms with Gasteiger partial charge in [0.05, 0.1) is 6.61 Å². The molecule has 1 atom stereocenters. The van der Waals surface area contributed by atoms with Gasteiger partial charge in [0.25, 0.3) is 0 Å². The number of rotatable bonds is 8. The van der Waals surface area contributed by atoms with Crippen molar-refractivity contribution in [1.29, 1.82) is 0 Å². The Morgan fingerprint density at radius 2 is 1.97 bits per heavy atom. The summed E-state index contributed by atoms with van der Waals surface area (Å²) in [4.78, 5) is 7.20. The lowest BCUT2D eigenvalue weighted by Gasteiger charge is -2.38. The molecule has 0 spiro atoms. The SMILES string of the molecule is CCOC[C@]1(CCc2ccc(C(F)(F)F)s2)CCN(C(C)(C)c2ccc(C)nc2)C1. The van der Waals surface area contributed by atoms with Crippen LogP contribution in [-0.4, -0.2) is 36.2 Å². The Balaban J connectivity index is 1.72. The molecule has 1 saturated heterocycles. The van der Waals surface area contributed by atoms with Crippen molar-refractivity contribution in [3.05, 3.63) is 51.5 Å². The summed E-state index contributed by atoms with van der Waals surface area (Å²) in [6, 6.07) is 6.99. The van der Waals surface area contributed by atoms with Crippen molar-refractivity contribution in [2.24, 2.45) is 5.41 Å². The highest BCUT2D eigenvalue weighted by Crippen LogP contribution is 2.42. The number of halogens is 3. The van der Waals surface area contributed by atoms with Crippen LogP contribution in [0.25, 0.3) is 0 Å². The number of nitrogens with zero attached hydrogens (tertiary/aromatic N) is 2. The highest BCUT2D eigenvalue weighted by molar-refractivity contribution is 7.12. The third kappa shape index (κ3) is 5.24. The predicted molar refractivity (Wildman–Crippen MR) is 115 cm³/mol. The lowest BCUT2D eigenvalue weighted by molar-refractivity contribution is -0.134. The molecular formula is C23H31F3N2OS. The fraction of sp³-hybridized carbons (Fsp3) is 0.609. The van der Waals surface area contributed by atoms with Crippen LogP contribution < -0.4 is 0 Å². The molecule has 30 heavy (non-hydrogen) atoms. The van der Waals surface area contributed by atoms with Crippen LogP contribution in [0.2, 0.25) is 0 Å². The maximum absolute atomic E-state index is 12.9. The zero-order valence-corrected chi connectivity index (χ0v) is 19.0. The smallest absolute Gasteiger partial charge is 0.381 e. The number of aromatic nitrogens is 1. The second-order valence-electron chi connectivity index (χ2n) is 8.82. The largest absolute Gasteiger partial charge is 0.425 e. The van der Waals surface area contributed by atoms with Gasteiger partial charge in [-0.2, -0.15) is 13.2 Å². The summed E-state index contributed by atoms with van der Waals surface area (Å²) >= 11 is 0.863. The highest BCUT2D eigenvalue weighted by atomic mass is 32.1. The van der Waals surface area contributed by atoms with Crippen LogP contribution in [0.5, 0.6) is 0 Å². The van der Waals surface area contributed by atoms with Crippen molar-refractivity contribution in [3.8, 4) is 0 Å². The lowest BCUT2D eigenvalue weighted by Crippen LogP contribution is -2.42. The van der Waals surface area contributed by atoms with Crippen LogP contribution in [0.1, 0.15) is 54.6 Å². The summed E-state index contributed by atoms with van der Waals surface area (Å²) < 4.78 is 44.6. The molecule has 0 saturated carbocycles. The number of hydrogen-bond donors (Lipinski definition) is 0. The summed E-state index contributed by atoms with van der Waals surface area (Å²) in [5.41, 5.74) is 1.96.